The Morgan fingerprint density at radius 3 is 2.65 bits per heavy atom. The Kier molecular flexibility index (Phi) is 4.51. The summed E-state index contributed by atoms with van der Waals surface area (Å²) < 4.78 is 0.926. The van der Waals surface area contributed by atoms with Crippen molar-refractivity contribution in [3.8, 4) is 0 Å². The zero-order valence-corrected chi connectivity index (χ0v) is 13.5. The molecule has 2 rings (SSSR count). The third-order valence-corrected chi connectivity index (χ3v) is 4.04. The molecule has 0 saturated carbocycles. The summed E-state index contributed by atoms with van der Waals surface area (Å²) in [6, 6.07) is 7.51. The Morgan fingerprint density at radius 1 is 1.30 bits per heavy atom. The molecular formula is C13H14BrN5S. The molecule has 5 nitrogen and oxygen atoms in total. The van der Waals surface area contributed by atoms with Crippen molar-refractivity contribution < 1.29 is 0 Å². The highest BCUT2D eigenvalue weighted by Crippen LogP contribution is 2.23. The van der Waals surface area contributed by atoms with Gasteiger partial charge in [-0.05, 0) is 26.0 Å². The molecule has 104 valence electrons. The Hall–Kier alpha value is -1.73. The molecule has 4 N–H and O–H groups in total. The van der Waals surface area contributed by atoms with Crippen molar-refractivity contribution in [3.05, 3.63) is 44.9 Å². The zero-order valence-electron chi connectivity index (χ0n) is 11.1. The molecule has 2 aromatic rings. The Bertz CT molecular complexity index is 670. The van der Waals surface area contributed by atoms with Crippen LogP contribution in [0.2, 0.25) is 0 Å². The number of benzene rings is 1. The van der Waals surface area contributed by atoms with Crippen molar-refractivity contribution in [1.82, 2.24) is 4.98 Å². The van der Waals surface area contributed by atoms with E-state index in [-0.39, 0.29) is 5.96 Å². The molecule has 0 saturated heterocycles. The van der Waals surface area contributed by atoms with Crippen molar-refractivity contribution >= 4 is 44.2 Å². The minimum atomic E-state index is 0.0937. The molecule has 1 aromatic carbocycles. The predicted molar refractivity (Wildman–Crippen MR) is 87.7 cm³/mol. The van der Waals surface area contributed by atoms with Gasteiger partial charge in [-0.3, -0.25) is 0 Å². The van der Waals surface area contributed by atoms with Crippen LogP contribution in [0, 0.1) is 13.8 Å². The van der Waals surface area contributed by atoms with Gasteiger partial charge in [-0.25, -0.2) is 4.98 Å². The second-order valence-electron chi connectivity index (χ2n) is 4.12. The van der Waals surface area contributed by atoms with Crippen molar-refractivity contribution in [2.45, 2.75) is 13.8 Å². The maximum atomic E-state index is 5.90. The van der Waals surface area contributed by atoms with Crippen LogP contribution in [-0.2, 0) is 0 Å². The first kappa shape index (κ1) is 14.7. The Morgan fingerprint density at radius 2 is 2.05 bits per heavy atom. The van der Waals surface area contributed by atoms with E-state index in [1.165, 1.54) is 11.3 Å². The molecule has 0 bridgehead atoms. The van der Waals surface area contributed by atoms with Crippen molar-refractivity contribution in [2.75, 3.05) is 0 Å². The first-order chi connectivity index (χ1) is 9.45. The first-order valence-corrected chi connectivity index (χ1v) is 7.45. The minimum absolute atomic E-state index is 0.0937. The molecule has 1 aromatic heterocycles. The number of thiazole rings is 1. The van der Waals surface area contributed by atoms with Gasteiger partial charge in [-0.2, -0.15) is 9.98 Å². The number of hydrogen-bond donors (Lipinski definition) is 2. The van der Waals surface area contributed by atoms with Crippen molar-refractivity contribution in [3.63, 3.8) is 0 Å². The number of rotatable bonds is 2. The van der Waals surface area contributed by atoms with Gasteiger partial charge < -0.3 is 11.5 Å². The van der Waals surface area contributed by atoms with Gasteiger partial charge in [0.25, 0.3) is 0 Å². The van der Waals surface area contributed by atoms with Gasteiger partial charge in [0.15, 0.2) is 0 Å². The fourth-order valence-corrected chi connectivity index (χ4v) is 2.65. The molecule has 1 heterocycles. The number of amidine groups is 1. The largest absolute Gasteiger partial charge is 0.383 e. The van der Waals surface area contributed by atoms with Crippen molar-refractivity contribution in [1.29, 1.82) is 0 Å². The lowest BCUT2D eigenvalue weighted by atomic mass is 10.2. The first-order valence-electron chi connectivity index (χ1n) is 5.84. The number of halogens is 1. The summed E-state index contributed by atoms with van der Waals surface area (Å²) >= 11 is 4.85. The minimum Gasteiger partial charge on any atom is -0.383 e. The molecule has 0 aliphatic rings. The molecule has 0 aliphatic carbocycles. The normalized spacial score (nSPS) is 12.8. The third kappa shape index (κ3) is 3.64. The fourth-order valence-electron chi connectivity index (χ4n) is 1.46. The predicted octanol–water partition coefficient (Wildman–Crippen LogP) is 2.87. The average Bonchev–Trinajstić information content (AvgIpc) is 2.67. The molecule has 0 spiro atoms. The monoisotopic (exact) mass is 351 g/mol. The molecule has 0 amide bonds. The van der Waals surface area contributed by atoms with E-state index in [0.29, 0.717) is 11.0 Å². The molecule has 0 unspecified atom stereocenters. The van der Waals surface area contributed by atoms with Crippen LogP contribution in [0.5, 0.6) is 0 Å². The molecule has 20 heavy (non-hydrogen) atoms. The smallest absolute Gasteiger partial charge is 0.224 e. The quantitative estimate of drug-likeness (QED) is 0.643. The van der Waals surface area contributed by atoms with Gasteiger partial charge in [-0.1, -0.05) is 39.4 Å². The van der Waals surface area contributed by atoms with Crippen LogP contribution in [0.1, 0.15) is 16.1 Å². The van der Waals surface area contributed by atoms with E-state index >= 15 is 0 Å². The summed E-state index contributed by atoms with van der Waals surface area (Å²) in [6.07, 6.45) is 0. The molecule has 0 radical (unpaired) electrons. The number of nitrogens with two attached hydrogens (primary N) is 2. The lowest BCUT2D eigenvalue weighted by molar-refractivity contribution is 1.21. The van der Waals surface area contributed by atoms with E-state index in [9.17, 15) is 0 Å². The van der Waals surface area contributed by atoms with E-state index in [2.05, 4.69) is 30.9 Å². The van der Waals surface area contributed by atoms with Crippen LogP contribution in [-0.4, -0.2) is 16.8 Å². The standard InChI is InChI=1S/C13H14BrN5S/c1-7-8(2)20-13(17-7)19-12(16)18-11(15)9-4-3-5-10(14)6-9/h3-6H,1-2H3,(H4,15,16,17,18,19). The summed E-state index contributed by atoms with van der Waals surface area (Å²) in [5.41, 5.74) is 13.4. The second kappa shape index (κ2) is 6.15. The van der Waals surface area contributed by atoms with Crippen LogP contribution in [0.15, 0.2) is 38.7 Å². The van der Waals surface area contributed by atoms with Crippen LogP contribution in [0.4, 0.5) is 5.13 Å². The Balaban J connectivity index is 2.25. The van der Waals surface area contributed by atoms with Gasteiger partial charge in [0.2, 0.25) is 11.1 Å². The number of nitrogens with zero attached hydrogens (tertiary/aromatic N) is 3. The van der Waals surface area contributed by atoms with E-state index in [0.717, 1.165) is 20.6 Å². The zero-order chi connectivity index (χ0) is 14.7. The highest BCUT2D eigenvalue weighted by molar-refractivity contribution is 9.10. The van der Waals surface area contributed by atoms with Gasteiger partial charge in [0.1, 0.15) is 5.84 Å². The van der Waals surface area contributed by atoms with Crippen LogP contribution < -0.4 is 11.5 Å². The topological polar surface area (TPSA) is 89.6 Å². The van der Waals surface area contributed by atoms with Gasteiger partial charge in [0.05, 0.1) is 5.69 Å². The summed E-state index contributed by atoms with van der Waals surface area (Å²) in [5, 5.41) is 0.586. The lowest BCUT2D eigenvalue weighted by Gasteiger charge is -2.00. The fraction of sp³-hybridized carbons (Fsp3) is 0.154. The number of hydrogen-bond acceptors (Lipinski definition) is 3. The summed E-state index contributed by atoms with van der Waals surface area (Å²) in [7, 11) is 0. The van der Waals surface area contributed by atoms with Gasteiger partial charge in [-0.15, -0.1) is 0 Å². The summed E-state index contributed by atoms with van der Waals surface area (Å²) in [4.78, 5) is 13.6. The van der Waals surface area contributed by atoms with Gasteiger partial charge >= 0.3 is 0 Å². The summed E-state index contributed by atoms with van der Waals surface area (Å²) in [6.45, 7) is 3.92. The second-order valence-corrected chi connectivity index (χ2v) is 6.21. The molecular weight excluding hydrogens is 338 g/mol. The maximum absolute atomic E-state index is 5.90. The van der Waals surface area contributed by atoms with Crippen LogP contribution >= 0.6 is 27.3 Å². The van der Waals surface area contributed by atoms with E-state index in [1.807, 2.05) is 38.1 Å². The highest BCUT2D eigenvalue weighted by Gasteiger charge is 2.04. The Labute approximate surface area is 129 Å². The van der Waals surface area contributed by atoms with E-state index < -0.39 is 0 Å². The average molecular weight is 352 g/mol. The maximum Gasteiger partial charge on any atom is 0.224 e. The highest BCUT2D eigenvalue weighted by atomic mass is 79.9. The van der Waals surface area contributed by atoms with Gasteiger partial charge in [0, 0.05) is 14.9 Å². The molecule has 0 atom stereocenters. The number of aliphatic imine (C=N–C) groups is 2. The van der Waals surface area contributed by atoms with Crippen molar-refractivity contribution in [2.24, 2.45) is 21.5 Å². The number of aromatic nitrogens is 1. The molecule has 0 aliphatic heterocycles. The van der Waals surface area contributed by atoms with Crippen LogP contribution in [0.3, 0.4) is 0 Å². The molecule has 0 fully saturated rings. The molecule has 7 heteroatoms. The third-order valence-electron chi connectivity index (χ3n) is 2.58. The number of aryl methyl sites for hydroxylation is 2. The van der Waals surface area contributed by atoms with Crippen LogP contribution in [0.25, 0.3) is 0 Å². The lowest BCUT2D eigenvalue weighted by Crippen LogP contribution is -2.19. The SMILES string of the molecule is Cc1nc(N=C(N)N=C(N)c2cccc(Br)c2)sc1C. The summed E-state index contributed by atoms with van der Waals surface area (Å²) in [5.74, 6) is 0.411. The number of guanidine groups is 1. The van der Waals surface area contributed by atoms with E-state index in [4.69, 9.17) is 11.5 Å². The van der Waals surface area contributed by atoms with E-state index in [1.54, 1.807) is 0 Å².